The molecule has 1 aromatic carbocycles. The van der Waals surface area contributed by atoms with Gasteiger partial charge in [-0.3, -0.25) is 19.2 Å². The van der Waals surface area contributed by atoms with Crippen LogP contribution in [0, 0.1) is 11.8 Å². The first-order chi connectivity index (χ1) is 14.5. The number of amides is 1. The van der Waals surface area contributed by atoms with Crippen molar-refractivity contribution < 1.29 is 39.6 Å². The summed E-state index contributed by atoms with van der Waals surface area (Å²) in [4.78, 5) is 49.7. The van der Waals surface area contributed by atoms with Crippen LogP contribution in [0.5, 0.6) is 5.75 Å². The Morgan fingerprint density at radius 1 is 1.16 bits per heavy atom. The lowest BCUT2D eigenvalue weighted by Crippen LogP contribution is -2.58. The standard InChI is InChI=1S/C22H21NO8/c1-2-12(24)10-3-4-13(25)16-11(10)6-8-5-9-7-14(26)17(21(23)30)20(29)22(9,31)19(28)15(8)18(16)27/h3-4,8-9,25,27,29,31H,2,5-7H2,1H3,(H2,23,30). The third-order valence-electron chi connectivity index (χ3n) is 6.57. The highest BCUT2D eigenvalue weighted by Gasteiger charge is 2.60. The highest BCUT2D eigenvalue weighted by molar-refractivity contribution is 6.22. The molecule has 162 valence electrons. The zero-order valence-electron chi connectivity index (χ0n) is 16.6. The van der Waals surface area contributed by atoms with Crippen LogP contribution in [-0.2, 0) is 20.8 Å². The van der Waals surface area contributed by atoms with Gasteiger partial charge in [-0.25, -0.2) is 0 Å². The minimum atomic E-state index is -2.60. The molecule has 0 aromatic heterocycles. The predicted molar refractivity (Wildman–Crippen MR) is 106 cm³/mol. The average molecular weight is 427 g/mol. The second kappa shape index (κ2) is 6.78. The van der Waals surface area contributed by atoms with E-state index in [4.69, 9.17) is 5.73 Å². The van der Waals surface area contributed by atoms with Crippen LogP contribution in [0.1, 0.15) is 47.7 Å². The van der Waals surface area contributed by atoms with Gasteiger partial charge in [0, 0.05) is 29.9 Å². The van der Waals surface area contributed by atoms with Crippen LogP contribution in [-0.4, -0.2) is 49.3 Å². The second-order valence-electron chi connectivity index (χ2n) is 8.17. The molecule has 0 bridgehead atoms. The summed E-state index contributed by atoms with van der Waals surface area (Å²) in [5, 5.41) is 42.9. The summed E-state index contributed by atoms with van der Waals surface area (Å²) >= 11 is 0. The zero-order valence-corrected chi connectivity index (χ0v) is 16.6. The molecule has 0 radical (unpaired) electrons. The van der Waals surface area contributed by atoms with Gasteiger partial charge in [0.15, 0.2) is 17.2 Å². The number of benzene rings is 1. The van der Waals surface area contributed by atoms with Crippen LogP contribution in [0.2, 0.25) is 0 Å². The molecule has 1 fully saturated rings. The van der Waals surface area contributed by atoms with Crippen molar-refractivity contribution in [1.29, 1.82) is 0 Å². The number of rotatable bonds is 3. The topological polar surface area (TPSA) is 175 Å². The van der Waals surface area contributed by atoms with E-state index < -0.39 is 52.0 Å². The molecule has 4 rings (SSSR count). The zero-order chi connectivity index (χ0) is 22.8. The Labute approximate surface area is 176 Å². The van der Waals surface area contributed by atoms with Crippen molar-refractivity contribution in [2.45, 2.75) is 38.2 Å². The Kier molecular flexibility index (Phi) is 4.55. The summed E-state index contributed by atoms with van der Waals surface area (Å²) in [5.41, 5.74) is 2.11. The number of primary amides is 1. The van der Waals surface area contributed by atoms with Crippen LogP contribution in [0.3, 0.4) is 0 Å². The SMILES string of the molecule is CCC(=O)c1ccc(O)c2c1CC1CC3CC(=O)C(C(N)=O)=C(O)C3(O)C(=O)C1=C2O. The number of Topliss-reactive ketones (excluding diaryl/α,β-unsaturated/α-hetero) is 3. The molecule has 1 saturated carbocycles. The molecule has 0 saturated heterocycles. The number of carbonyl (C=O) groups is 4. The van der Waals surface area contributed by atoms with Crippen LogP contribution in [0.15, 0.2) is 29.0 Å². The predicted octanol–water partition coefficient (Wildman–Crippen LogP) is 1.02. The molecule has 31 heavy (non-hydrogen) atoms. The minimum absolute atomic E-state index is 0.0261. The first kappa shape index (κ1) is 20.8. The third-order valence-corrected chi connectivity index (χ3v) is 6.57. The van der Waals surface area contributed by atoms with Crippen molar-refractivity contribution in [3.63, 3.8) is 0 Å². The minimum Gasteiger partial charge on any atom is -0.508 e. The van der Waals surface area contributed by atoms with E-state index in [1.165, 1.54) is 12.1 Å². The first-order valence-corrected chi connectivity index (χ1v) is 9.89. The third kappa shape index (κ3) is 2.66. The van der Waals surface area contributed by atoms with E-state index in [2.05, 4.69) is 0 Å². The molecular weight excluding hydrogens is 406 g/mol. The number of nitrogens with two attached hydrogens (primary N) is 1. The molecule has 1 amide bonds. The highest BCUT2D eigenvalue weighted by Crippen LogP contribution is 2.52. The molecule has 1 aromatic rings. The maximum Gasteiger partial charge on any atom is 0.255 e. The Hall–Kier alpha value is -3.46. The number of fused-ring (bicyclic) bond motifs is 3. The lowest BCUT2D eigenvalue weighted by Gasteiger charge is -2.46. The normalized spacial score (nSPS) is 27.5. The van der Waals surface area contributed by atoms with E-state index in [9.17, 15) is 39.6 Å². The maximum absolute atomic E-state index is 13.3. The summed E-state index contributed by atoms with van der Waals surface area (Å²) in [6.07, 6.45) is -0.0471. The Bertz CT molecular complexity index is 1140. The number of aromatic hydroxyl groups is 1. The molecule has 6 N–H and O–H groups in total. The van der Waals surface area contributed by atoms with Gasteiger partial charge in [0.1, 0.15) is 22.8 Å². The number of hydrogen-bond acceptors (Lipinski definition) is 8. The number of phenolic OH excluding ortho intramolecular Hbond substituents is 1. The van der Waals surface area contributed by atoms with Gasteiger partial charge in [-0.2, -0.15) is 0 Å². The van der Waals surface area contributed by atoms with E-state index >= 15 is 0 Å². The smallest absolute Gasteiger partial charge is 0.255 e. The summed E-state index contributed by atoms with van der Waals surface area (Å²) in [5.74, 6) is -7.07. The number of ketones is 3. The fourth-order valence-corrected chi connectivity index (χ4v) is 5.07. The van der Waals surface area contributed by atoms with Crippen molar-refractivity contribution in [3.05, 3.63) is 45.7 Å². The molecule has 3 aliphatic carbocycles. The molecule has 0 spiro atoms. The van der Waals surface area contributed by atoms with Gasteiger partial charge in [0.05, 0.1) is 5.56 Å². The van der Waals surface area contributed by atoms with Crippen LogP contribution in [0.4, 0.5) is 0 Å². The van der Waals surface area contributed by atoms with Crippen molar-refractivity contribution in [3.8, 4) is 5.75 Å². The van der Waals surface area contributed by atoms with Gasteiger partial charge in [-0.05, 0) is 36.5 Å². The number of hydrogen-bond donors (Lipinski definition) is 5. The monoisotopic (exact) mass is 427 g/mol. The van der Waals surface area contributed by atoms with E-state index in [0.29, 0.717) is 11.1 Å². The van der Waals surface area contributed by atoms with Crippen molar-refractivity contribution in [2.24, 2.45) is 17.6 Å². The van der Waals surface area contributed by atoms with Gasteiger partial charge in [-0.15, -0.1) is 0 Å². The summed E-state index contributed by atoms with van der Waals surface area (Å²) in [7, 11) is 0. The molecule has 9 heteroatoms. The molecular formula is C22H21NO8. The number of carbonyl (C=O) groups excluding carboxylic acids is 4. The molecule has 9 nitrogen and oxygen atoms in total. The summed E-state index contributed by atoms with van der Waals surface area (Å²) in [6.45, 7) is 1.68. The quantitative estimate of drug-likeness (QED) is 0.351. The second-order valence-corrected chi connectivity index (χ2v) is 8.17. The van der Waals surface area contributed by atoms with Crippen LogP contribution >= 0.6 is 0 Å². The van der Waals surface area contributed by atoms with Crippen LogP contribution in [0.25, 0.3) is 5.76 Å². The lowest BCUT2D eigenvalue weighted by molar-refractivity contribution is -0.147. The van der Waals surface area contributed by atoms with Gasteiger partial charge in [0.25, 0.3) is 5.91 Å². The average Bonchev–Trinajstić information content (AvgIpc) is 2.70. The molecule has 0 aliphatic heterocycles. The molecule has 0 heterocycles. The van der Waals surface area contributed by atoms with Gasteiger partial charge in [-0.1, -0.05) is 6.92 Å². The Morgan fingerprint density at radius 3 is 2.45 bits per heavy atom. The first-order valence-electron chi connectivity index (χ1n) is 9.89. The number of aliphatic hydroxyl groups is 3. The van der Waals surface area contributed by atoms with E-state index in [1.807, 2.05) is 0 Å². The fourth-order valence-electron chi connectivity index (χ4n) is 5.07. The summed E-state index contributed by atoms with van der Waals surface area (Å²) in [6, 6.07) is 2.70. The van der Waals surface area contributed by atoms with Gasteiger partial charge >= 0.3 is 0 Å². The van der Waals surface area contributed by atoms with Crippen molar-refractivity contribution >= 4 is 29.0 Å². The Morgan fingerprint density at radius 2 is 1.84 bits per heavy atom. The van der Waals surface area contributed by atoms with Crippen molar-refractivity contribution in [2.75, 3.05) is 0 Å². The van der Waals surface area contributed by atoms with E-state index in [0.717, 1.165) is 0 Å². The van der Waals surface area contributed by atoms with E-state index in [1.54, 1.807) is 6.92 Å². The largest absolute Gasteiger partial charge is 0.508 e. The molecule has 3 unspecified atom stereocenters. The van der Waals surface area contributed by atoms with E-state index in [-0.39, 0.29) is 48.4 Å². The Balaban J connectivity index is 1.94. The van der Waals surface area contributed by atoms with Crippen molar-refractivity contribution in [1.82, 2.24) is 0 Å². The molecule has 3 aliphatic rings. The van der Waals surface area contributed by atoms with Gasteiger partial charge < -0.3 is 26.2 Å². The fraction of sp³-hybridized carbons (Fsp3) is 0.364. The number of phenols is 1. The molecule has 3 atom stereocenters. The lowest BCUT2D eigenvalue weighted by atomic mass is 9.59. The summed E-state index contributed by atoms with van der Waals surface area (Å²) < 4.78 is 0. The van der Waals surface area contributed by atoms with Crippen LogP contribution < -0.4 is 5.73 Å². The number of aliphatic hydroxyl groups excluding tert-OH is 2. The highest BCUT2D eigenvalue weighted by atomic mass is 16.3. The maximum atomic E-state index is 13.3. The van der Waals surface area contributed by atoms with Gasteiger partial charge in [0.2, 0.25) is 5.78 Å².